The van der Waals surface area contributed by atoms with Gasteiger partial charge in [0.1, 0.15) is 0 Å². The number of nitrogens with two attached hydrogens (primary N) is 2. The Morgan fingerprint density at radius 2 is 2.00 bits per heavy atom. The second-order valence-corrected chi connectivity index (χ2v) is 4.56. The largest absolute Gasteiger partial charge is 0.369 e. The average Bonchev–Trinajstić information content (AvgIpc) is 2.44. The topological polar surface area (TPSA) is 101 Å². The molecule has 0 aliphatic carbocycles. The molecule has 0 aliphatic heterocycles. The molecule has 0 heterocycles. The molecule has 1 atom stereocenters. The summed E-state index contributed by atoms with van der Waals surface area (Å²) in [6.07, 6.45) is 0. The van der Waals surface area contributed by atoms with Crippen molar-refractivity contribution in [3.8, 4) is 0 Å². The van der Waals surface area contributed by atoms with Crippen molar-refractivity contribution in [3.63, 3.8) is 0 Å². The molecule has 0 radical (unpaired) electrons. The third kappa shape index (κ3) is 4.32. The molecular formula is C14H22N4O2. The number of amides is 2. The van der Waals surface area contributed by atoms with Gasteiger partial charge in [-0.25, -0.2) is 0 Å². The van der Waals surface area contributed by atoms with Gasteiger partial charge in [-0.15, -0.1) is 0 Å². The first-order chi connectivity index (χ1) is 9.49. The molecule has 6 heteroatoms. The number of benzene rings is 1. The predicted octanol–water partition coefficient (Wildman–Crippen LogP) is 0.280. The normalized spacial score (nSPS) is 12.2. The van der Waals surface area contributed by atoms with E-state index < -0.39 is 11.9 Å². The van der Waals surface area contributed by atoms with Gasteiger partial charge >= 0.3 is 0 Å². The Balaban J connectivity index is 2.76. The number of primary amides is 1. The van der Waals surface area contributed by atoms with E-state index in [1.54, 1.807) is 17.9 Å². The number of carbonyl (C=O) groups is 2. The van der Waals surface area contributed by atoms with Crippen LogP contribution in [0.5, 0.6) is 0 Å². The van der Waals surface area contributed by atoms with E-state index in [0.29, 0.717) is 18.8 Å². The minimum absolute atomic E-state index is 0.0591. The molecule has 0 aromatic heterocycles. The van der Waals surface area contributed by atoms with Crippen LogP contribution in [0.15, 0.2) is 24.3 Å². The molecule has 0 saturated heterocycles. The van der Waals surface area contributed by atoms with E-state index in [1.165, 1.54) is 0 Å². The lowest BCUT2D eigenvalue weighted by Gasteiger charge is -2.25. The number of hydrogen-bond acceptors (Lipinski definition) is 4. The van der Waals surface area contributed by atoms with Gasteiger partial charge in [-0.1, -0.05) is 25.1 Å². The summed E-state index contributed by atoms with van der Waals surface area (Å²) in [6, 6.07) is 6.92. The highest BCUT2D eigenvalue weighted by molar-refractivity contribution is 5.95. The zero-order chi connectivity index (χ0) is 15.1. The van der Waals surface area contributed by atoms with Crippen LogP contribution in [0.1, 0.15) is 19.4 Å². The minimum atomic E-state index is -0.450. The average molecular weight is 278 g/mol. The summed E-state index contributed by atoms with van der Waals surface area (Å²) in [5.74, 6) is -0.636. The number of rotatable bonds is 7. The fourth-order valence-electron chi connectivity index (χ4n) is 1.95. The van der Waals surface area contributed by atoms with Gasteiger partial charge in [0.15, 0.2) is 0 Å². The Kier molecular flexibility index (Phi) is 6.14. The second-order valence-electron chi connectivity index (χ2n) is 4.56. The van der Waals surface area contributed by atoms with Crippen LogP contribution < -0.4 is 16.8 Å². The van der Waals surface area contributed by atoms with E-state index in [-0.39, 0.29) is 12.5 Å². The van der Waals surface area contributed by atoms with E-state index in [9.17, 15) is 9.59 Å². The van der Waals surface area contributed by atoms with E-state index in [4.69, 9.17) is 11.5 Å². The summed E-state index contributed by atoms with van der Waals surface area (Å²) in [6.45, 7) is 4.59. The van der Waals surface area contributed by atoms with Crippen LogP contribution in [0.3, 0.4) is 0 Å². The fourth-order valence-corrected chi connectivity index (χ4v) is 1.95. The third-order valence-corrected chi connectivity index (χ3v) is 3.19. The van der Waals surface area contributed by atoms with Crippen molar-refractivity contribution in [1.29, 1.82) is 0 Å². The first-order valence-electron chi connectivity index (χ1n) is 6.60. The van der Waals surface area contributed by atoms with Crippen molar-refractivity contribution in [2.75, 3.05) is 18.4 Å². The Morgan fingerprint density at radius 1 is 1.35 bits per heavy atom. The van der Waals surface area contributed by atoms with E-state index in [0.717, 1.165) is 5.56 Å². The Hall–Kier alpha value is -1.92. The van der Waals surface area contributed by atoms with Gasteiger partial charge in [0.25, 0.3) is 0 Å². The lowest BCUT2D eigenvalue weighted by atomic mass is 10.1. The molecule has 1 unspecified atom stereocenters. The van der Waals surface area contributed by atoms with E-state index in [2.05, 4.69) is 5.32 Å². The monoisotopic (exact) mass is 278 g/mol. The maximum Gasteiger partial charge on any atom is 0.241 e. The van der Waals surface area contributed by atoms with Gasteiger partial charge in [-0.3, -0.25) is 14.5 Å². The number of nitrogens with one attached hydrogen (secondary N) is 1. The van der Waals surface area contributed by atoms with Crippen LogP contribution in [-0.4, -0.2) is 35.8 Å². The van der Waals surface area contributed by atoms with Crippen molar-refractivity contribution < 1.29 is 9.59 Å². The van der Waals surface area contributed by atoms with Gasteiger partial charge in [0, 0.05) is 12.2 Å². The molecular weight excluding hydrogens is 256 g/mol. The highest BCUT2D eigenvalue weighted by Crippen LogP contribution is 2.15. The van der Waals surface area contributed by atoms with Crippen molar-refractivity contribution in [2.45, 2.75) is 26.4 Å². The third-order valence-electron chi connectivity index (χ3n) is 3.19. The van der Waals surface area contributed by atoms with Gasteiger partial charge in [0.05, 0.1) is 12.6 Å². The lowest BCUT2D eigenvalue weighted by molar-refractivity contribution is -0.123. The van der Waals surface area contributed by atoms with Crippen molar-refractivity contribution in [3.05, 3.63) is 29.8 Å². The molecule has 1 aromatic carbocycles. The molecule has 0 bridgehead atoms. The Morgan fingerprint density at radius 3 is 2.55 bits per heavy atom. The zero-order valence-corrected chi connectivity index (χ0v) is 11.9. The van der Waals surface area contributed by atoms with Gasteiger partial charge in [0.2, 0.25) is 11.8 Å². The van der Waals surface area contributed by atoms with Crippen LogP contribution in [0.25, 0.3) is 0 Å². The SMILES string of the molecule is CCN(CC(N)=O)C(C)C(=O)Nc1ccccc1CN. The highest BCUT2D eigenvalue weighted by Gasteiger charge is 2.21. The summed E-state index contributed by atoms with van der Waals surface area (Å²) in [7, 11) is 0. The number of nitrogens with zero attached hydrogens (tertiary/aromatic N) is 1. The predicted molar refractivity (Wildman–Crippen MR) is 78.9 cm³/mol. The standard InChI is InChI=1S/C14H22N4O2/c1-3-18(9-13(16)19)10(2)14(20)17-12-7-5-4-6-11(12)8-15/h4-7,10H,3,8-9,15H2,1-2H3,(H2,16,19)(H,17,20). The highest BCUT2D eigenvalue weighted by atomic mass is 16.2. The summed E-state index contributed by atoms with van der Waals surface area (Å²) in [5, 5.41) is 2.84. The number of anilines is 1. The fraction of sp³-hybridized carbons (Fsp3) is 0.429. The molecule has 2 amide bonds. The second kappa shape index (κ2) is 7.62. The first-order valence-corrected chi connectivity index (χ1v) is 6.60. The molecule has 0 saturated carbocycles. The molecule has 0 aliphatic rings. The van der Waals surface area contributed by atoms with Crippen LogP contribution >= 0.6 is 0 Å². The summed E-state index contributed by atoms with van der Waals surface area (Å²) in [4.78, 5) is 24.9. The number of carbonyl (C=O) groups excluding carboxylic acids is 2. The number of likely N-dealkylation sites (N-methyl/N-ethyl adjacent to an activating group) is 1. The van der Waals surface area contributed by atoms with Gasteiger partial charge < -0.3 is 16.8 Å². The molecule has 0 spiro atoms. The Labute approximate surface area is 119 Å². The van der Waals surface area contributed by atoms with Crippen LogP contribution in [0, 0.1) is 0 Å². The molecule has 5 N–H and O–H groups in total. The van der Waals surface area contributed by atoms with E-state index in [1.807, 2.05) is 25.1 Å². The molecule has 6 nitrogen and oxygen atoms in total. The van der Waals surface area contributed by atoms with Crippen LogP contribution in [0.4, 0.5) is 5.69 Å². The van der Waals surface area contributed by atoms with Crippen molar-refractivity contribution >= 4 is 17.5 Å². The van der Waals surface area contributed by atoms with E-state index >= 15 is 0 Å². The van der Waals surface area contributed by atoms with Gasteiger partial charge in [-0.2, -0.15) is 0 Å². The molecule has 20 heavy (non-hydrogen) atoms. The summed E-state index contributed by atoms with van der Waals surface area (Å²) >= 11 is 0. The smallest absolute Gasteiger partial charge is 0.241 e. The maximum atomic E-state index is 12.2. The minimum Gasteiger partial charge on any atom is -0.369 e. The Bertz CT molecular complexity index is 476. The number of hydrogen-bond donors (Lipinski definition) is 3. The quantitative estimate of drug-likeness (QED) is 0.666. The first kappa shape index (κ1) is 16.1. The molecule has 1 rings (SSSR count). The van der Waals surface area contributed by atoms with Gasteiger partial charge in [-0.05, 0) is 25.1 Å². The zero-order valence-electron chi connectivity index (χ0n) is 11.9. The van der Waals surface area contributed by atoms with Crippen molar-refractivity contribution in [2.24, 2.45) is 11.5 Å². The van der Waals surface area contributed by atoms with Crippen LogP contribution in [0.2, 0.25) is 0 Å². The molecule has 110 valence electrons. The molecule has 0 fully saturated rings. The summed E-state index contributed by atoms with van der Waals surface area (Å²) in [5.41, 5.74) is 12.4. The number of para-hydroxylation sites is 1. The van der Waals surface area contributed by atoms with Crippen LogP contribution in [-0.2, 0) is 16.1 Å². The lowest BCUT2D eigenvalue weighted by Crippen LogP contribution is -2.45. The molecule has 1 aromatic rings. The van der Waals surface area contributed by atoms with Crippen molar-refractivity contribution in [1.82, 2.24) is 4.90 Å². The summed E-state index contributed by atoms with van der Waals surface area (Å²) < 4.78 is 0. The maximum absolute atomic E-state index is 12.2.